The monoisotopic (exact) mass is 382 g/mol. The van der Waals surface area contributed by atoms with E-state index in [2.05, 4.69) is 10.1 Å². The number of halogens is 5. The van der Waals surface area contributed by atoms with E-state index in [0.29, 0.717) is 21.8 Å². The highest BCUT2D eigenvalue weighted by Crippen LogP contribution is 2.41. The standard InChI is InChI=1S/C17H11F5N4O/c1-8-3-2-4-9-7-12(27)25(13(8)9)10-5-6-11(17(20,21)22)26-16(10)23-15(24-26)14(18)19/h2-6,14H,7H2,1H3. The highest BCUT2D eigenvalue weighted by atomic mass is 19.4. The average molecular weight is 382 g/mol. The molecule has 1 aliphatic rings. The van der Waals surface area contributed by atoms with Crippen LogP contribution in [-0.2, 0) is 17.4 Å². The molecule has 0 spiro atoms. The number of aromatic nitrogens is 3. The number of pyridine rings is 1. The van der Waals surface area contributed by atoms with Crippen molar-refractivity contribution in [1.82, 2.24) is 14.6 Å². The van der Waals surface area contributed by atoms with Crippen LogP contribution in [0, 0.1) is 6.92 Å². The van der Waals surface area contributed by atoms with E-state index < -0.39 is 29.8 Å². The highest BCUT2D eigenvalue weighted by Gasteiger charge is 2.38. The van der Waals surface area contributed by atoms with Crippen molar-refractivity contribution in [2.24, 2.45) is 0 Å². The van der Waals surface area contributed by atoms with Crippen LogP contribution >= 0.6 is 0 Å². The zero-order chi connectivity index (χ0) is 19.5. The third-order valence-corrected chi connectivity index (χ3v) is 4.34. The Morgan fingerprint density at radius 3 is 2.56 bits per heavy atom. The van der Waals surface area contributed by atoms with Crippen LogP contribution in [0.4, 0.5) is 33.3 Å². The predicted octanol–water partition coefficient (Wildman–Crippen LogP) is 4.21. The van der Waals surface area contributed by atoms with E-state index in [1.54, 1.807) is 25.1 Å². The number of hydrogen-bond acceptors (Lipinski definition) is 3. The van der Waals surface area contributed by atoms with Crippen molar-refractivity contribution in [2.45, 2.75) is 25.9 Å². The third-order valence-electron chi connectivity index (χ3n) is 4.34. The fourth-order valence-corrected chi connectivity index (χ4v) is 3.25. The molecule has 1 amide bonds. The first-order valence-electron chi connectivity index (χ1n) is 7.85. The molecule has 0 saturated carbocycles. The molecule has 0 radical (unpaired) electrons. The van der Waals surface area contributed by atoms with E-state index in [4.69, 9.17) is 0 Å². The van der Waals surface area contributed by atoms with Crippen molar-refractivity contribution < 1.29 is 26.7 Å². The Kier molecular flexibility index (Phi) is 3.69. The SMILES string of the molecule is Cc1cccc2c1N(c1ccc(C(F)(F)F)n3nc(C(F)F)nc13)C(=O)C2. The number of para-hydroxylation sites is 1. The molecule has 4 rings (SSSR count). The molecule has 10 heteroatoms. The van der Waals surface area contributed by atoms with E-state index in [1.807, 2.05) is 0 Å². The Labute approximate surface area is 149 Å². The Bertz CT molecular complexity index is 1070. The molecule has 0 unspecified atom stereocenters. The minimum atomic E-state index is -4.83. The van der Waals surface area contributed by atoms with Crippen molar-refractivity contribution in [3.8, 4) is 0 Å². The second-order valence-electron chi connectivity index (χ2n) is 6.10. The summed E-state index contributed by atoms with van der Waals surface area (Å²) < 4.78 is 66.1. The summed E-state index contributed by atoms with van der Waals surface area (Å²) in [7, 11) is 0. The van der Waals surface area contributed by atoms with Gasteiger partial charge in [-0.25, -0.2) is 18.3 Å². The van der Waals surface area contributed by atoms with Crippen LogP contribution < -0.4 is 4.90 Å². The van der Waals surface area contributed by atoms with Gasteiger partial charge in [0.2, 0.25) is 11.7 Å². The molecule has 0 aliphatic carbocycles. The number of fused-ring (bicyclic) bond motifs is 2. The van der Waals surface area contributed by atoms with Crippen LogP contribution in [-0.4, -0.2) is 20.5 Å². The van der Waals surface area contributed by atoms with Crippen LogP contribution in [0.3, 0.4) is 0 Å². The second kappa shape index (κ2) is 5.73. The number of alkyl halides is 5. The summed E-state index contributed by atoms with van der Waals surface area (Å²) in [5.74, 6) is -1.42. The molecule has 3 heterocycles. The quantitative estimate of drug-likeness (QED) is 0.624. The molecule has 0 N–H and O–H groups in total. The first-order valence-corrected chi connectivity index (χ1v) is 7.85. The Morgan fingerprint density at radius 2 is 1.89 bits per heavy atom. The molecule has 0 saturated heterocycles. The molecule has 2 aromatic heterocycles. The summed E-state index contributed by atoms with van der Waals surface area (Å²) in [5, 5.41) is 3.31. The normalized spacial score (nSPS) is 14.5. The van der Waals surface area contributed by atoms with Crippen molar-refractivity contribution in [3.63, 3.8) is 0 Å². The lowest BCUT2D eigenvalue weighted by molar-refractivity contribution is -0.142. The Balaban J connectivity index is 2.01. The van der Waals surface area contributed by atoms with Crippen LogP contribution in [0.5, 0.6) is 0 Å². The first-order chi connectivity index (χ1) is 12.7. The van der Waals surface area contributed by atoms with Gasteiger partial charge in [-0.05, 0) is 30.2 Å². The summed E-state index contributed by atoms with van der Waals surface area (Å²) >= 11 is 0. The number of carbonyl (C=O) groups is 1. The van der Waals surface area contributed by atoms with Gasteiger partial charge in [-0.1, -0.05) is 18.2 Å². The Morgan fingerprint density at radius 1 is 1.15 bits per heavy atom. The molecule has 0 fully saturated rings. The number of benzene rings is 1. The lowest BCUT2D eigenvalue weighted by atomic mass is 10.1. The maximum Gasteiger partial charge on any atom is 0.433 e. The molecule has 5 nitrogen and oxygen atoms in total. The van der Waals surface area contributed by atoms with Crippen molar-refractivity contribution in [2.75, 3.05) is 4.90 Å². The van der Waals surface area contributed by atoms with Gasteiger partial charge in [0.15, 0.2) is 5.65 Å². The third kappa shape index (κ3) is 2.63. The smallest absolute Gasteiger partial charge is 0.276 e. The van der Waals surface area contributed by atoms with E-state index in [-0.39, 0.29) is 18.0 Å². The number of amides is 1. The topological polar surface area (TPSA) is 50.5 Å². The van der Waals surface area contributed by atoms with Gasteiger partial charge in [0.05, 0.1) is 17.8 Å². The zero-order valence-electron chi connectivity index (χ0n) is 13.8. The van der Waals surface area contributed by atoms with Gasteiger partial charge < -0.3 is 0 Å². The number of rotatable bonds is 2. The summed E-state index contributed by atoms with van der Waals surface area (Å²) in [6, 6.07) is 7.01. The van der Waals surface area contributed by atoms with Gasteiger partial charge in [0.25, 0.3) is 6.43 Å². The molecule has 27 heavy (non-hydrogen) atoms. The molecule has 0 bridgehead atoms. The molecule has 140 valence electrons. The van der Waals surface area contributed by atoms with Crippen molar-refractivity contribution in [3.05, 3.63) is 53.0 Å². The fraction of sp³-hybridized carbons (Fsp3) is 0.235. The number of nitrogens with zero attached hydrogens (tertiary/aromatic N) is 4. The van der Waals surface area contributed by atoms with E-state index in [9.17, 15) is 26.7 Å². The second-order valence-corrected chi connectivity index (χ2v) is 6.10. The first kappa shape index (κ1) is 17.4. The largest absolute Gasteiger partial charge is 0.433 e. The van der Waals surface area contributed by atoms with Gasteiger partial charge in [-0.15, -0.1) is 5.10 Å². The van der Waals surface area contributed by atoms with Gasteiger partial charge in [0, 0.05) is 0 Å². The number of hydrogen-bond donors (Lipinski definition) is 0. The Hall–Kier alpha value is -3.04. The molecule has 0 atom stereocenters. The van der Waals surface area contributed by atoms with Crippen molar-refractivity contribution >= 4 is 22.9 Å². The maximum atomic E-state index is 13.3. The van der Waals surface area contributed by atoms with Crippen LogP contribution in [0.15, 0.2) is 30.3 Å². The number of anilines is 2. The van der Waals surface area contributed by atoms with Gasteiger partial charge in [-0.2, -0.15) is 13.2 Å². The lowest BCUT2D eigenvalue weighted by Crippen LogP contribution is -2.23. The fourth-order valence-electron chi connectivity index (χ4n) is 3.25. The van der Waals surface area contributed by atoms with Gasteiger partial charge in [0.1, 0.15) is 5.69 Å². The summed E-state index contributed by atoms with van der Waals surface area (Å²) in [6.07, 6.45) is -7.92. The minimum absolute atomic E-state index is 0.0274. The van der Waals surface area contributed by atoms with E-state index in [0.717, 1.165) is 11.6 Å². The summed E-state index contributed by atoms with van der Waals surface area (Å²) in [4.78, 5) is 17.3. The van der Waals surface area contributed by atoms with Crippen LogP contribution in [0.25, 0.3) is 5.65 Å². The maximum absolute atomic E-state index is 13.3. The van der Waals surface area contributed by atoms with Gasteiger partial charge in [-0.3, -0.25) is 9.69 Å². The summed E-state index contributed by atoms with van der Waals surface area (Å²) in [5.41, 5.74) is 0.213. The number of carbonyl (C=O) groups excluding carboxylic acids is 1. The predicted molar refractivity (Wildman–Crippen MR) is 85.0 cm³/mol. The minimum Gasteiger partial charge on any atom is -0.276 e. The number of aryl methyl sites for hydroxylation is 1. The van der Waals surface area contributed by atoms with Crippen molar-refractivity contribution in [1.29, 1.82) is 0 Å². The molecular weight excluding hydrogens is 371 g/mol. The summed E-state index contributed by atoms with van der Waals surface area (Å²) in [6.45, 7) is 1.75. The van der Waals surface area contributed by atoms with E-state index in [1.165, 1.54) is 4.90 Å². The van der Waals surface area contributed by atoms with E-state index >= 15 is 0 Å². The zero-order valence-corrected chi connectivity index (χ0v) is 13.8. The van der Waals surface area contributed by atoms with Gasteiger partial charge >= 0.3 is 6.18 Å². The lowest BCUT2D eigenvalue weighted by Gasteiger charge is -2.21. The van der Waals surface area contributed by atoms with Crippen LogP contribution in [0.1, 0.15) is 29.1 Å². The molecule has 1 aromatic carbocycles. The average Bonchev–Trinajstić information content (AvgIpc) is 3.15. The molecule has 3 aromatic rings. The highest BCUT2D eigenvalue weighted by molar-refractivity contribution is 6.10. The molecular formula is C17H11F5N4O. The van der Waals surface area contributed by atoms with Crippen LogP contribution in [0.2, 0.25) is 0 Å². The molecule has 1 aliphatic heterocycles.